The van der Waals surface area contributed by atoms with Crippen LogP contribution in [0.15, 0.2) is 24.3 Å². The molecule has 1 aromatic carbocycles. The second-order valence-electron chi connectivity index (χ2n) is 5.37. The summed E-state index contributed by atoms with van der Waals surface area (Å²) in [5, 5.41) is 11.9. The van der Waals surface area contributed by atoms with Crippen molar-refractivity contribution in [2.45, 2.75) is 39.7 Å². The van der Waals surface area contributed by atoms with Gasteiger partial charge in [-0.3, -0.25) is 9.69 Å². The van der Waals surface area contributed by atoms with E-state index < -0.39 is 0 Å². The highest BCUT2D eigenvalue weighted by Gasteiger charge is 2.09. The van der Waals surface area contributed by atoms with Crippen molar-refractivity contribution < 1.29 is 9.90 Å². The first-order valence-electron chi connectivity index (χ1n) is 7.24. The lowest BCUT2D eigenvalue weighted by Gasteiger charge is -2.25. The van der Waals surface area contributed by atoms with Gasteiger partial charge in [-0.1, -0.05) is 12.1 Å². The summed E-state index contributed by atoms with van der Waals surface area (Å²) in [5.74, 6) is 0.0447. The number of benzene rings is 1. The van der Waals surface area contributed by atoms with Crippen molar-refractivity contribution in [2.75, 3.05) is 25.0 Å². The average molecular weight is 278 g/mol. The Hall–Kier alpha value is -1.39. The smallest absolute Gasteiger partial charge is 0.224 e. The molecule has 1 amide bonds. The van der Waals surface area contributed by atoms with Gasteiger partial charge in [0.2, 0.25) is 5.91 Å². The van der Waals surface area contributed by atoms with E-state index in [-0.39, 0.29) is 12.5 Å². The molecule has 0 unspecified atom stereocenters. The van der Waals surface area contributed by atoms with Crippen LogP contribution in [-0.2, 0) is 4.79 Å². The molecule has 0 aromatic heterocycles. The lowest BCUT2D eigenvalue weighted by molar-refractivity contribution is -0.116. The summed E-state index contributed by atoms with van der Waals surface area (Å²) >= 11 is 0. The Balaban J connectivity index is 2.32. The largest absolute Gasteiger partial charge is 0.395 e. The molecule has 0 aliphatic carbocycles. The molecule has 1 aromatic rings. The Morgan fingerprint density at radius 1 is 1.35 bits per heavy atom. The fraction of sp³-hybridized carbons (Fsp3) is 0.562. The number of aliphatic hydroxyl groups is 1. The molecule has 0 fully saturated rings. The van der Waals surface area contributed by atoms with Crippen molar-refractivity contribution in [1.82, 2.24) is 4.90 Å². The van der Waals surface area contributed by atoms with Gasteiger partial charge in [-0.15, -0.1) is 0 Å². The van der Waals surface area contributed by atoms with Crippen molar-refractivity contribution in [3.05, 3.63) is 29.8 Å². The molecular formula is C16H26N2O2. The molecule has 0 aliphatic heterocycles. The fourth-order valence-corrected chi connectivity index (χ4v) is 2.15. The third-order valence-corrected chi connectivity index (χ3v) is 3.27. The first-order chi connectivity index (χ1) is 9.52. The highest BCUT2D eigenvalue weighted by molar-refractivity contribution is 5.90. The Morgan fingerprint density at radius 3 is 2.70 bits per heavy atom. The maximum atomic E-state index is 11.9. The average Bonchev–Trinajstić information content (AvgIpc) is 2.37. The van der Waals surface area contributed by atoms with Crippen LogP contribution >= 0.6 is 0 Å². The van der Waals surface area contributed by atoms with E-state index >= 15 is 0 Å². The van der Waals surface area contributed by atoms with Crippen molar-refractivity contribution in [2.24, 2.45) is 0 Å². The lowest BCUT2D eigenvalue weighted by atomic mass is 10.2. The minimum atomic E-state index is 0.0447. The topological polar surface area (TPSA) is 52.6 Å². The van der Waals surface area contributed by atoms with Gasteiger partial charge < -0.3 is 10.4 Å². The number of nitrogens with one attached hydrogen (secondary N) is 1. The van der Waals surface area contributed by atoms with E-state index in [1.54, 1.807) is 0 Å². The molecule has 0 saturated carbocycles. The van der Waals surface area contributed by atoms with Gasteiger partial charge in [-0.05, 0) is 51.4 Å². The second kappa shape index (κ2) is 8.72. The summed E-state index contributed by atoms with van der Waals surface area (Å²) in [7, 11) is 0. The first kappa shape index (κ1) is 16.7. The van der Waals surface area contributed by atoms with Gasteiger partial charge in [0.05, 0.1) is 6.61 Å². The van der Waals surface area contributed by atoms with Crippen LogP contribution in [0.3, 0.4) is 0 Å². The zero-order chi connectivity index (χ0) is 15.0. The van der Waals surface area contributed by atoms with Crippen LogP contribution in [0.4, 0.5) is 5.69 Å². The van der Waals surface area contributed by atoms with E-state index in [0.717, 1.165) is 24.2 Å². The molecular weight excluding hydrogens is 252 g/mol. The van der Waals surface area contributed by atoms with E-state index in [1.165, 1.54) is 0 Å². The predicted octanol–water partition coefficient (Wildman–Crippen LogP) is 2.42. The van der Waals surface area contributed by atoms with Gasteiger partial charge in [-0.25, -0.2) is 0 Å². The monoisotopic (exact) mass is 278 g/mol. The van der Waals surface area contributed by atoms with E-state index in [1.807, 2.05) is 31.2 Å². The fourth-order valence-electron chi connectivity index (χ4n) is 2.15. The number of rotatable bonds is 8. The van der Waals surface area contributed by atoms with Crippen LogP contribution in [0.1, 0.15) is 32.3 Å². The Kier molecular flexibility index (Phi) is 7.26. The van der Waals surface area contributed by atoms with Crippen molar-refractivity contribution in [3.8, 4) is 0 Å². The van der Waals surface area contributed by atoms with Crippen molar-refractivity contribution in [1.29, 1.82) is 0 Å². The SMILES string of the molecule is Cc1cccc(NC(=O)CCCN(CCO)C(C)C)c1. The highest BCUT2D eigenvalue weighted by atomic mass is 16.3. The predicted molar refractivity (Wildman–Crippen MR) is 82.8 cm³/mol. The van der Waals surface area contributed by atoms with Crippen LogP contribution in [0.25, 0.3) is 0 Å². The van der Waals surface area contributed by atoms with Crippen LogP contribution in [0.2, 0.25) is 0 Å². The molecule has 0 heterocycles. The molecule has 0 atom stereocenters. The van der Waals surface area contributed by atoms with Gasteiger partial charge in [0.15, 0.2) is 0 Å². The molecule has 4 heteroatoms. The summed E-state index contributed by atoms with van der Waals surface area (Å²) in [6.07, 6.45) is 1.30. The number of anilines is 1. The second-order valence-corrected chi connectivity index (χ2v) is 5.37. The summed E-state index contributed by atoms with van der Waals surface area (Å²) in [4.78, 5) is 14.0. The molecule has 0 spiro atoms. The first-order valence-corrected chi connectivity index (χ1v) is 7.24. The maximum Gasteiger partial charge on any atom is 0.224 e. The molecule has 2 N–H and O–H groups in total. The molecule has 0 saturated heterocycles. The van der Waals surface area contributed by atoms with Crippen LogP contribution in [0, 0.1) is 6.92 Å². The van der Waals surface area contributed by atoms with Gasteiger partial charge in [0.25, 0.3) is 0 Å². The van der Waals surface area contributed by atoms with Crippen LogP contribution in [0.5, 0.6) is 0 Å². The zero-order valence-electron chi connectivity index (χ0n) is 12.7. The Morgan fingerprint density at radius 2 is 2.10 bits per heavy atom. The number of hydrogen-bond donors (Lipinski definition) is 2. The zero-order valence-corrected chi connectivity index (χ0v) is 12.7. The minimum Gasteiger partial charge on any atom is -0.395 e. The number of nitrogens with zero attached hydrogens (tertiary/aromatic N) is 1. The van der Waals surface area contributed by atoms with Gasteiger partial charge in [0.1, 0.15) is 0 Å². The van der Waals surface area contributed by atoms with E-state index in [4.69, 9.17) is 5.11 Å². The molecule has 0 aliphatic rings. The Labute approximate surface area is 121 Å². The summed E-state index contributed by atoms with van der Waals surface area (Å²) < 4.78 is 0. The third kappa shape index (κ3) is 6.17. The Bertz CT molecular complexity index is 419. The number of amides is 1. The summed E-state index contributed by atoms with van der Waals surface area (Å²) in [6, 6.07) is 8.20. The number of hydrogen-bond acceptors (Lipinski definition) is 3. The number of carbonyl (C=O) groups excluding carboxylic acids is 1. The van der Waals surface area contributed by atoms with Crippen LogP contribution < -0.4 is 5.32 Å². The standard InChI is InChI=1S/C16H26N2O2/c1-13(2)18(10-11-19)9-5-8-16(20)17-15-7-4-6-14(3)12-15/h4,6-7,12-13,19H,5,8-11H2,1-3H3,(H,17,20). The lowest BCUT2D eigenvalue weighted by Crippen LogP contribution is -2.34. The normalized spacial score (nSPS) is 11.1. The van der Waals surface area contributed by atoms with Gasteiger partial charge >= 0.3 is 0 Å². The van der Waals surface area contributed by atoms with E-state index in [9.17, 15) is 4.79 Å². The van der Waals surface area contributed by atoms with E-state index in [0.29, 0.717) is 19.0 Å². The summed E-state index contributed by atoms with van der Waals surface area (Å²) in [5.41, 5.74) is 1.99. The summed E-state index contributed by atoms with van der Waals surface area (Å²) in [6.45, 7) is 7.86. The van der Waals surface area contributed by atoms with Crippen molar-refractivity contribution >= 4 is 11.6 Å². The van der Waals surface area contributed by atoms with Gasteiger partial charge in [-0.2, -0.15) is 0 Å². The molecule has 0 bridgehead atoms. The molecule has 0 radical (unpaired) electrons. The molecule has 4 nitrogen and oxygen atoms in total. The number of aryl methyl sites for hydroxylation is 1. The maximum absolute atomic E-state index is 11.9. The quantitative estimate of drug-likeness (QED) is 0.768. The number of carbonyl (C=O) groups is 1. The molecule has 112 valence electrons. The van der Waals surface area contributed by atoms with Gasteiger partial charge in [0, 0.05) is 24.7 Å². The van der Waals surface area contributed by atoms with Crippen LogP contribution in [-0.4, -0.2) is 41.7 Å². The molecule has 20 heavy (non-hydrogen) atoms. The highest BCUT2D eigenvalue weighted by Crippen LogP contribution is 2.10. The number of aliphatic hydroxyl groups excluding tert-OH is 1. The minimum absolute atomic E-state index is 0.0447. The van der Waals surface area contributed by atoms with E-state index in [2.05, 4.69) is 24.1 Å². The van der Waals surface area contributed by atoms with Crippen molar-refractivity contribution in [3.63, 3.8) is 0 Å². The third-order valence-electron chi connectivity index (χ3n) is 3.27. The molecule has 1 rings (SSSR count).